The molecule has 3 aliphatic rings. The molecule has 0 aromatic rings. The van der Waals surface area contributed by atoms with Crippen LogP contribution in [0.3, 0.4) is 0 Å². The van der Waals surface area contributed by atoms with Crippen molar-refractivity contribution < 1.29 is 28.5 Å². The van der Waals surface area contributed by atoms with Gasteiger partial charge in [0.15, 0.2) is 5.79 Å². The van der Waals surface area contributed by atoms with Crippen LogP contribution >= 0.6 is 0 Å². The number of morpholine rings is 1. The molecule has 0 saturated carbocycles. The van der Waals surface area contributed by atoms with E-state index in [9.17, 15) is 4.79 Å². The minimum absolute atomic E-state index is 0.00107. The number of ether oxygens (including phenoxy) is 5. The molecule has 156 valence electrons. The third-order valence-electron chi connectivity index (χ3n) is 5.03. The Balaban J connectivity index is 1.55. The van der Waals surface area contributed by atoms with Crippen LogP contribution in [0.25, 0.3) is 0 Å². The molecule has 8 heteroatoms. The minimum Gasteiger partial charge on any atom is -0.444 e. The van der Waals surface area contributed by atoms with Gasteiger partial charge in [-0.1, -0.05) is 0 Å². The van der Waals surface area contributed by atoms with Crippen molar-refractivity contribution in [2.24, 2.45) is 0 Å². The van der Waals surface area contributed by atoms with Gasteiger partial charge in [-0.25, -0.2) is 4.79 Å². The molecule has 0 aromatic carbocycles. The molecule has 0 unspecified atom stereocenters. The van der Waals surface area contributed by atoms with Gasteiger partial charge in [0, 0.05) is 19.6 Å². The number of fused-ring (bicyclic) bond motifs is 1. The standard InChI is InChI=1S/C19H34N2O6/c1-12-15-16(26-19(5,6)25-15)14(24-12)10-21-7-8-23-11-13(21)9-20-17(22)27-18(2,3)4/h12-16H,7-11H2,1-6H3,(H,20,22)/t12-,13+,14+,15-,16+/m0/s1. The van der Waals surface area contributed by atoms with Crippen LogP contribution in [0.4, 0.5) is 4.79 Å². The van der Waals surface area contributed by atoms with Gasteiger partial charge in [-0.05, 0) is 41.5 Å². The minimum atomic E-state index is -0.575. The molecule has 0 aromatic heterocycles. The van der Waals surface area contributed by atoms with Gasteiger partial charge in [-0.3, -0.25) is 4.90 Å². The molecule has 3 aliphatic heterocycles. The van der Waals surface area contributed by atoms with E-state index in [0.29, 0.717) is 19.8 Å². The van der Waals surface area contributed by atoms with E-state index in [-0.39, 0.29) is 30.5 Å². The zero-order valence-corrected chi connectivity index (χ0v) is 17.3. The summed E-state index contributed by atoms with van der Waals surface area (Å²) in [5.74, 6) is -0.575. The predicted molar refractivity (Wildman–Crippen MR) is 98.6 cm³/mol. The maximum absolute atomic E-state index is 12.0. The molecule has 3 rings (SSSR count). The second-order valence-electron chi connectivity index (χ2n) is 9.05. The average molecular weight is 386 g/mol. The second-order valence-corrected chi connectivity index (χ2v) is 9.05. The van der Waals surface area contributed by atoms with Crippen LogP contribution in [-0.4, -0.2) is 85.7 Å². The van der Waals surface area contributed by atoms with E-state index in [1.165, 1.54) is 0 Å². The molecule has 3 saturated heterocycles. The smallest absolute Gasteiger partial charge is 0.407 e. The van der Waals surface area contributed by atoms with Crippen LogP contribution in [0.5, 0.6) is 0 Å². The Morgan fingerprint density at radius 2 is 1.96 bits per heavy atom. The summed E-state index contributed by atoms with van der Waals surface area (Å²) in [4.78, 5) is 14.3. The van der Waals surface area contributed by atoms with Crippen molar-refractivity contribution in [3.63, 3.8) is 0 Å². The lowest BCUT2D eigenvalue weighted by atomic mass is 10.1. The van der Waals surface area contributed by atoms with Gasteiger partial charge in [0.1, 0.15) is 17.8 Å². The van der Waals surface area contributed by atoms with Crippen molar-refractivity contribution in [3.8, 4) is 0 Å². The summed E-state index contributed by atoms with van der Waals surface area (Å²) in [5, 5.41) is 2.85. The zero-order valence-electron chi connectivity index (χ0n) is 17.3. The number of carbonyl (C=O) groups is 1. The first-order chi connectivity index (χ1) is 12.5. The van der Waals surface area contributed by atoms with Crippen LogP contribution < -0.4 is 5.32 Å². The van der Waals surface area contributed by atoms with Gasteiger partial charge in [0.05, 0.1) is 31.5 Å². The van der Waals surface area contributed by atoms with Gasteiger partial charge in [0.25, 0.3) is 0 Å². The molecule has 27 heavy (non-hydrogen) atoms. The van der Waals surface area contributed by atoms with Gasteiger partial charge < -0.3 is 29.0 Å². The van der Waals surface area contributed by atoms with E-state index in [1.807, 2.05) is 41.5 Å². The molecule has 1 N–H and O–H groups in total. The third-order valence-corrected chi connectivity index (χ3v) is 5.03. The number of alkyl carbamates (subject to hydrolysis) is 1. The maximum atomic E-state index is 12.0. The lowest BCUT2D eigenvalue weighted by Gasteiger charge is -2.37. The third kappa shape index (κ3) is 5.32. The van der Waals surface area contributed by atoms with E-state index in [2.05, 4.69) is 10.2 Å². The average Bonchev–Trinajstić information content (AvgIpc) is 3.00. The van der Waals surface area contributed by atoms with Crippen LogP contribution in [0.2, 0.25) is 0 Å². The quantitative estimate of drug-likeness (QED) is 0.785. The van der Waals surface area contributed by atoms with Crippen LogP contribution in [0.15, 0.2) is 0 Å². The highest BCUT2D eigenvalue weighted by Gasteiger charge is 2.54. The molecular weight excluding hydrogens is 352 g/mol. The normalized spacial score (nSPS) is 36.4. The Bertz CT molecular complexity index is 535. The Hall–Kier alpha value is -0.930. The fraction of sp³-hybridized carbons (Fsp3) is 0.947. The van der Waals surface area contributed by atoms with E-state index in [1.54, 1.807) is 0 Å². The largest absolute Gasteiger partial charge is 0.444 e. The number of carbonyl (C=O) groups excluding carboxylic acids is 1. The number of hydrogen-bond acceptors (Lipinski definition) is 7. The summed E-state index contributed by atoms with van der Waals surface area (Å²) in [6.45, 7) is 14.7. The van der Waals surface area contributed by atoms with Crippen LogP contribution in [-0.2, 0) is 23.7 Å². The number of nitrogens with zero attached hydrogens (tertiary/aromatic N) is 1. The lowest BCUT2D eigenvalue weighted by Crippen LogP contribution is -2.54. The second kappa shape index (κ2) is 7.83. The van der Waals surface area contributed by atoms with Crippen LogP contribution in [0.1, 0.15) is 41.5 Å². The molecule has 8 nitrogen and oxygen atoms in total. The van der Waals surface area contributed by atoms with Crippen molar-refractivity contribution in [1.82, 2.24) is 10.2 Å². The zero-order chi connectivity index (χ0) is 19.8. The Morgan fingerprint density at radius 3 is 2.67 bits per heavy atom. The van der Waals surface area contributed by atoms with Gasteiger partial charge >= 0.3 is 6.09 Å². The number of rotatable bonds is 4. The highest BCUT2D eigenvalue weighted by Crippen LogP contribution is 2.38. The summed E-state index contributed by atoms with van der Waals surface area (Å²) < 4.78 is 29.1. The molecule has 0 bridgehead atoms. The number of amides is 1. The Morgan fingerprint density at radius 1 is 1.26 bits per heavy atom. The highest BCUT2D eigenvalue weighted by atomic mass is 16.8. The fourth-order valence-electron chi connectivity index (χ4n) is 3.91. The molecular formula is C19H34N2O6. The van der Waals surface area contributed by atoms with Crippen molar-refractivity contribution in [3.05, 3.63) is 0 Å². The van der Waals surface area contributed by atoms with E-state index >= 15 is 0 Å². The first-order valence-corrected chi connectivity index (χ1v) is 9.84. The summed E-state index contributed by atoms with van der Waals surface area (Å²) in [7, 11) is 0. The van der Waals surface area contributed by atoms with Crippen LogP contribution in [0, 0.1) is 0 Å². The maximum Gasteiger partial charge on any atom is 0.407 e. The first kappa shape index (κ1) is 20.8. The summed E-state index contributed by atoms with van der Waals surface area (Å²) in [5.41, 5.74) is -0.512. The van der Waals surface area contributed by atoms with Crippen molar-refractivity contribution in [1.29, 1.82) is 0 Å². The number of nitrogens with one attached hydrogen (secondary N) is 1. The predicted octanol–water partition coefficient (Wildman–Crippen LogP) is 1.52. The topological polar surface area (TPSA) is 78.5 Å². The van der Waals surface area contributed by atoms with Crippen molar-refractivity contribution in [2.75, 3.05) is 32.8 Å². The SMILES string of the molecule is C[C@@H]1O[C@H](CN2CCOC[C@H]2CNC(=O)OC(C)(C)C)[C@H]2OC(C)(C)O[C@H]21. The Labute approximate surface area is 161 Å². The molecule has 1 amide bonds. The monoisotopic (exact) mass is 386 g/mol. The van der Waals surface area contributed by atoms with Crippen molar-refractivity contribution in [2.45, 2.75) is 83.4 Å². The molecule has 0 spiro atoms. The first-order valence-electron chi connectivity index (χ1n) is 9.84. The summed E-state index contributed by atoms with van der Waals surface area (Å²) in [6, 6.07) is 0.0690. The van der Waals surface area contributed by atoms with E-state index in [0.717, 1.165) is 13.1 Å². The summed E-state index contributed by atoms with van der Waals surface area (Å²) >= 11 is 0. The van der Waals surface area contributed by atoms with E-state index < -0.39 is 17.5 Å². The molecule has 0 aliphatic carbocycles. The lowest BCUT2D eigenvalue weighted by molar-refractivity contribution is -0.188. The van der Waals surface area contributed by atoms with E-state index in [4.69, 9.17) is 23.7 Å². The van der Waals surface area contributed by atoms with Gasteiger partial charge in [-0.2, -0.15) is 0 Å². The van der Waals surface area contributed by atoms with Gasteiger partial charge in [-0.15, -0.1) is 0 Å². The fourth-order valence-corrected chi connectivity index (χ4v) is 3.91. The Kier molecular flexibility index (Phi) is 6.03. The van der Waals surface area contributed by atoms with Crippen molar-refractivity contribution >= 4 is 6.09 Å². The molecule has 3 heterocycles. The molecule has 5 atom stereocenters. The highest BCUT2D eigenvalue weighted by molar-refractivity contribution is 5.67. The number of hydrogen-bond donors (Lipinski definition) is 1. The molecule has 0 radical (unpaired) electrons. The van der Waals surface area contributed by atoms with Gasteiger partial charge in [0.2, 0.25) is 0 Å². The summed E-state index contributed by atoms with van der Waals surface area (Å²) in [6.07, 6.45) is -0.579. The molecule has 3 fully saturated rings.